The maximum Gasteiger partial charge on any atom is 0.270 e. The standard InChI is InChI=1S/C20H19FN2O3/c21-15-5-3-6-16(11-15)26-13-20(25)8-9-23(12-20)19(24)18-10-14-4-1-2-7-17(14)22-18/h1-7,10-11,22,25H,8-9,12-13H2/t20-/m0/s1. The zero-order valence-electron chi connectivity index (χ0n) is 14.1. The van der Waals surface area contributed by atoms with Crippen molar-refractivity contribution in [3.05, 3.63) is 66.1 Å². The number of aromatic nitrogens is 1. The summed E-state index contributed by atoms with van der Waals surface area (Å²) in [5.41, 5.74) is 0.259. The van der Waals surface area contributed by atoms with E-state index in [4.69, 9.17) is 4.74 Å². The Morgan fingerprint density at radius 2 is 2.08 bits per heavy atom. The zero-order valence-corrected chi connectivity index (χ0v) is 14.1. The molecule has 0 bridgehead atoms. The van der Waals surface area contributed by atoms with Gasteiger partial charge < -0.3 is 19.7 Å². The summed E-state index contributed by atoms with van der Waals surface area (Å²) >= 11 is 0. The smallest absolute Gasteiger partial charge is 0.270 e. The molecule has 0 radical (unpaired) electrons. The van der Waals surface area contributed by atoms with Crippen LogP contribution in [0.5, 0.6) is 5.75 Å². The van der Waals surface area contributed by atoms with E-state index in [-0.39, 0.29) is 19.1 Å². The lowest BCUT2D eigenvalue weighted by Crippen LogP contribution is -2.40. The van der Waals surface area contributed by atoms with Crippen molar-refractivity contribution in [1.29, 1.82) is 0 Å². The molecule has 2 N–H and O–H groups in total. The van der Waals surface area contributed by atoms with Crippen molar-refractivity contribution in [2.45, 2.75) is 12.0 Å². The number of rotatable bonds is 4. The molecule has 1 atom stereocenters. The van der Waals surface area contributed by atoms with Crippen LogP contribution in [0.15, 0.2) is 54.6 Å². The number of aromatic amines is 1. The second-order valence-corrected chi connectivity index (χ2v) is 6.72. The highest BCUT2D eigenvalue weighted by molar-refractivity contribution is 5.98. The number of nitrogens with zero attached hydrogens (tertiary/aromatic N) is 1. The van der Waals surface area contributed by atoms with Gasteiger partial charge in [0.15, 0.2) is 0 Å². The van der Waals surface area contributed by atoms with Crippen LogP contribution in [0.4, 0.5) is 4.39 Å². The average Bonchev–Trinajstić information content (AvgIpc) is 3.24. The fourth-order valence-corrected chi connectivity index (χ4v) is 3.28. The molecule has 1 fully saturated rings. The van der Waals surface area contributed by atoms with Crippen LogP contribution < -0.4 is 4.74 Å². The van der Waals surface area contributed by atoms with E-state index in [1.54, 1.807) is 17.0 Å². The van der Waals surface area contributed by atoms with Gasteiger partial charge in [-0.1, -0.05) is 24.3 Å². The summed E-state index contributed by atoms with van der Waals surface area (Å²) in [4.78, 5) is 17.4. The number of aliphatic hydroxyl groups is 1. The Balaban J connectivity index is 1.42. The zero-order chi connectivity index (χ0) is 18.1. The summed E-state index contributed by atoms with van der Waals surface area (Å²) in [7, 11) is 0. The monoisotopic (exact) mass is 354 g/mol. The number of β-amino-alcohol motifs (C(OH)–C–C–N with tert-alkyl or cyclic N) is 1. The first-order valence-electron chi connectivity index (χ1n) is 8.50. The van der Waals surface area contributed by atoms with Crippen molar-refractivity contribution in [3.8, 4) is 5.75 Å². The van der Waals surface area contributed by atoms with Gasteiger partial charge in [0.2, 0.25) is 0 Å². The lowest BCUT2D eigenvalue weighted by molar-refractivity contribution is 0.00418. The lowest BCUT2D eigenvalue weighted by atomic mass is 10.1. The van der Waals surface area contributed by atoms with Gasteiger partial charge in [-0.05, 0) is 30.7 Å². The Morgan fingerprint density at radius 1 is 1.23 bits per heavy atom. The molecule has 26 heavy (non-hydrogen) atoms. The Hall–Kier alpha value is -2.86. The lowest BCUT2D eigenvalue weighted by Gasteiger charge is -2.23. The third-order valence-electron chi connectivity index (χ3n) is 4.68. The van der Waals surface area contributed by atoms with Gasteiger partial charge >= 0.3 is 0 Å². The number of ether oxygens (including phenoxy) is 1. The molecule has 5 nitrogen and oxygen atoms in total. The molecule has 0 saturated carbocycles. The molecule has 1 aliphatic rings. The number of nitrogens with one attached hydrogen (secondary N) is 1. The first-order valence-corrected chi connectivity index (χ1v) is 8.50. The van der Waals surface area contributed by atoms with Gasteiger partial charge in [0.1, 0.15) is 29.5 Å². The van der Waals surface area contributed by atoms with Crippen molar-refractivity contribution >= 4 is 16.8 Å². The first kappa shape index (κ1) is 16.6. The van der Waals surface area contributed by atoms with Crippen LogP contribution >= 0.6 is 0 Å². The number of amides is 1. The maximum absolute atomic E-state index is 13.2. The van der Waals surface area contributed by atoms with Gasteiger partial charge in [-0.3, -0.25) is 4.79 Å². The highest BCUT2D eigenvalue weighted by atomic mass is 19.1. The van der Waals surface area contributed by atoms with E-state index in [1.807, 2.05) is 30.3 Å². The van der Waals surface area contributed by atoms with Crippen LogP contribution in [0, 0.1) is 5.82 Å². The van der Waals surface area contributed by atoms with Crippen LogP contribution in [-0.4, -0.2) is 46.2 Å². The number of fused-ring (bicyclic) bond motifs is 1. The predicted molar refractivity (Wildman–Crippen MR) is 95.7 cm³/mol. The Labute approximate surface area is 150 Å². The summed E-state index contributed by atoms with van der Waals surface area (Å²) < 4.78 is 18.7. The number of H-pyrrole nitrogens is 1. The molecule has 1 aromatic heterocycles. The summed E-state index contributed by atoms with van der Waals surface area (Å²) in [5, 5.41) is 11.7. The van der Waals surface area contributed by atoms with Crippen LogP contribution in [-0.2, 0) is 0 Å². The van der Waals surface area contributed by atoms with Crippen molar-refractivity contribution in [1.82, 2.24) is 9.88 Å². The molecule has 2 aromatic carbocycles. The number of carbonyl (C=O) groups excluding carboxylic acids is 1. The minimum Gasteiger partial charge on any atom is -0.490 e. The van der Waals surface area contributed by atoms with Crippen molar-refractivity contribution in [3.63, 3.8) is 0 Å². The Morgan fingerprint density at radius 3 is 2.88 bits per heavy atom. The van der Waals surface area contributed by atoms with Crippen LogP contribution in [0.25, 0.3) is 10.9 Å². The normalized spacial score (nSPS) is 19.8. The SMILES string of the molecule is O=C(c1cc2ccccc2[nH]1)N1CC[C@@](O)(COc2cccc(F)c2)C1. The number of para-hydroxylation sites is 1. The summed E-state index contributed by atoms with van der Waals surface area (Å²) in [5.74, 6) is -0.182. The Kier molecular flexibility index (Phi) is 4.12. The fraction of sp³-hybridized carbons (Fsp3) is 0.250. The predicted octanol–water partition coefficient (Wildman–Crippen LogP) is 2.96. The second kappa shape index (κ2) is 6.46. The molecule has 0 aliphatic carbocycles. The van der Waals surface area contributed by atoms with Crippen molar-refractivity contribution in [2.24, 2.45) is 0 Å². The summed E-state index contributed by atoms with van der Waals surface area (Å²) in [6.45, 7) is 0.626. The minimum absolute atomic E-state index is 0.00688. The fourth-order valence-electron chi connectivity index (χ4n) is 3.28. The third-order valence-corrected chi connectivity index (χ3v) is 4.68. The maximum atomic E-state index is 13.2. The molecule has 6 heteroatoms. The topological polar surface area (TPSA) is 65.6 Å². The second-order valence-electron chi connectivity index (χ2n) is 6.72. The average molecular weight is 354 g/mol. The van der Waals surface area contributed by atoms with Crippen LogP contribution in [0.3, 0.4) is 0 Å². The number of carbonyl (C=O) groups is 1. The molecule has 2 heterocycles. The first-order chi connectivity index (χ1) is 12.5. The number of halogens is 1. The highest BCUT2D eigenvalue weighted by Crippen LogP contribution is 2.25. The molecule has 0 unspecified atom stereocenters. The van der Waals surface area contributed by atoms with Crippen molar-refractivity contribution < 1.29 is 19.0 Å². The van der Waals surface area contributed by atoms with Gasteiger partial charge in [-0.15, -0.1) is 0 Å². The summed E-state index contributed by atoms with van der Waals surface area (Å²) in [6, 6.07) is 15.3. The molecule has 1 saturated heterocycles. The molecule has 134 valence electrons. The van der Waals surface area contributed by atoms with Gasteiger partial charge in [0.25, 0.3) is 5.91 Å². The minimum atomic E-state index is -1.14. The van der Waals surface area contributed by atoms with Crippen LogP contribution in [0.2, 0.25) is 0 Å². The third kappa shape index (κ3) is 3.28. The van der Waals surface area contributed by atoms with Gasteiger partial charge in [-0.2, -0.15) is 0 Å². The molecule has 1 amide bonds. The number of benzene rings is 2. The van der Waals surface area contributed by atoms with Crippen molar-refractivity contribution in [2.75, 3.05) is 19.7 Å². The van der Waals surface area contributed by atoms with E-state index in [2.05, 4.69) is 4.98 Å². The Bertz CT molecular complexity index is 922. The van der Waals surface area contributed by atoms with Gasteiger partial charge in [0, 0.05) is 23.5 Å². The molecule has 1 aliphatic heterocycles. The van der Waals surface area contributed by atoms with E-state index in [1.165, 1.54) is 12.1 Å². The van der Waals surface area contributed by atoms with E-state index < -0.39 is 11.4 Å². The highest BCUT2D eigenvalue weighted by Gasteiger charge is 2.39. The summed E-state index contributed by atoms with van der Waals surface area (Å²) in [6.07, 6.45) is 0.411. The molecule has 0 spiro atoms. The molecule has 3 aromatic rings. The quantitative estimate of drug-likeness (QED) is 0.757. The largest absolute Gasteiger partial charge is 0.490 e. The van der Waals surface area contributed by atoms with Crippen LogP contribution in [0.1, 0.15) is 16.9 Å². The number of likely N-dealkylation sites (tertiary alicyclic amines) is 1. The van der Waals surface area contributed by atoms with Gasteiger partial charge in [0.05, 0.1) is 6.54 Å². The van der Waals surface area contributed by atoms with Gasteiger partial charge in [-0.25, -0.2) is 4.39 Å². The molecule has 4 rings (SSSR count). The van der Waals surface area contributed by atoms with E-state index in [9.17, 15) is 14.3 Å². The molecular formula is C20H19FN2O3. The number of hydrogen-bond donors (Lipinski definition) is 2. The van der Waals surface area contributed by atoms with E-state index >= 15 is 0 Å². The van der Waals surface area contributed by atoms with E-state index in [0.29, 0.717) is 24.4 Å². The molecular weight excluding hydrogens is 335 g/mol. The number of hydrogen-bond acceptors (Lipinski definition) is 3. The van der Waals surface area contributed by atoms with E-state index in [0.717, 1.165) is 10.9 Å².